The first-order valence-corrected chi connectivity index (χ1v) is 13.6. The van der Waals surface area contributed by atoms with Crippen LogP contribution in [0, 0.1) is 6.92 Å². The van der Waals surface area contributed by atoms with Crippen LogP contribution in [-0.2, 0) is 20.0 Å². The second kappa shape index (κ2) is 10.5. The lowest BCUT2D eigenvalue weighted by atomic mass is 10.1. The number of carbonyl (C=O) groups excluding carboxylic acids is 1. The van der Waals surface area contributed by atoms with Crippen LogP contribution >= 0.6 is 0 Å². The summed E-state index contributed by atoms with van der Waals surface area (Å²) >= 11 is 0. The molecule has 3 rings (SSSR count). The first-order valence-electron chi connectivity index (χ1n) is 10.6. The highest BCUT2D eigenvalue weighted by Crippen LogP contribution is 2.29. The van der Waals surface area contributed by atoms with E-state index in [1.54, 1.807) is 38.1 Å². The standard InChI is InChI=1S/C24H27N3O6S2/c1-16(2)26-35(31,32)19-13-14-23(33-4)22(15-19)25-24(28)20-7-5-6-8-21(20)27-34(29,30)18-11-9-17(3)10-12-18/h5-16,26-27H,1-4H3,(H,25,28). The highest BCUT2D eigenvalue weighted by molar-refractivity contribution is 7.92. The molecule has 9 nitrogen and oxygen atoms in total. The molecule has 186 valence electrons. The number of hydrogen-bond acceptors (Lipinski definition) is 6. The third-order valence-corrected chi connectivity index (χ3v) is 7.91. The number of nitrogens with one attached hydrogen (secondary N) is 3. The number of ether oxygens (including phenoxy) is 1. The summed E-state index contributed by atoms with van der Waals surface area (Å²) in [7, 11) is -6.39. The van der Waals surface area contributed by atoms with Crippen LogP contribution in [0.3, 0.4) is 0 Å². The van der Waals surface area contributed by atoms with Crippen molar-refractivity contribution in [3.05, 3.63) is 77.9 Å². The highest BCUT2D eigenvalue weighted by Gasteiger charge is 2.21. The van der Waals surface area contributed by atoms with E-state index < -0.39 is 26.0 Å². The molecular formula is C24H27N3O6S2. The van der Waals surface area contributed by atoms with Crippen molar-refractivity contribution in [3.63, 3.8) is 0 Å². The van der Waals surface area contributed by atoms with Crippen molar-refractivity contribution < 1.29 is 26.4 Å². The normalized spacial score (nSPS) is 11.8. The zero-order valence-electron chi connectivity index (χ0n) is 19.7. The SMILES string of the molecule is COc1ccc(S(=O)(=O)NC(C)C)cc1NC(=O)c1ccccc1NS(=O)(=O)c1ccc(C)cc1. The summed E-state index contributed by atoms with van der Waals surface area (Å²) in [6.45, 7) is 5.23. The molecule has 0 bridgehead atoms. The predicted molar refractivity (Wildman–Crippen MR) is 135 cm³/mol. The van der Waals surface area contributed by atoms with Crippen molar-refractivity contribution in [2.45, 2.75) is 36.6 Å². The third-order valence-electron chi connectivity index (χ3n) is 4.87. The predicted octanol–water partition coefficient (Wildman–Crippen LogP) is 3.74. The maximum absolute atomic E-state index is 13.1. The number of hydrogen-bond donors (Lipinski definition) is 3. The van der Waals surface area contributed by atoms with Gasteiger partial charge in [0.15, 0.2) is 0 Å². The number of para-hydroxylation sites is 1. The summed E-state index contributed by atoms with van der Waals surface area (Å²) < 4.78 is 61.1. The first-order chi connectivity index (χ1) is 16.4. The zero-order chi connectivity index (χ0) is 25.8. The molecular weight excluding hydrogens is 490 g/mol. The second-order valence-electron chi connectivity index (χ2n) is 8.06. The number of benzene rings is 3. The van der Waals surface area contributed by atoms with Gasteiger partial charge in [0.05, 0.1) is 33.8 Å². The third kappa shape index (κ3) is 6.38. The first kappa shape index (κ1) is 26.2. The molecule has 0 saturated heterocycles. The number of anilines is 2. The van der Waals surface area contributed by atoms with Gasteiger partial charge in [0.25, 0.3) is 15.9 Å². The Hall–Kier alpha value is -3.41. The molecule has 0 fully saturated rings. The lowest BCUT2D eigenvalue weighted by molar-refractivity contribution is 0.102. The van der Waals surface area contributed by atoms with Gasteiger partial charge in [-0.1, -0.05) is 29.8 Å². The number of amides is 1. The quantitative estimate of drug-likeness (QED) is 0.396. The van der Waals surface area contributed by atoms with Crippen molar-refractivity contribution in [2.75, 3.05) is 17.1 Å². The molecule has 3 aromatic rings. The summed E-state index contributed by atoms with van der Waals surface area (Å²) in [5.41, 5.74) is 1.12. The van der Waals surface area contributed by atoms with Gasteiger partial charge in [0, 0.05) is 6.04 Å². The van der Waals surface area contributed by atoms with E-state index in [9.17, 15) is 21.6 Å². The molecule has 0 spiro atoms. The van der Waals surface area contributed by atoms with E-state index in [0.29, 0.717) is 0 Å². The average Bonchev–Trinajstić information content (AvgIpc) is 2.78. The minimum atomic E-state index is -3.95. The smallest absolute Gasteiger partial charge is 0.261 e. The topological polar surface area (TPSA) is 131 Å². The number of rotatable bonds is 9. The van der Waals surface area contributed by atoms with Crippen LogP contribution < -0.4 is 19.5 Å². The minimum Gasteiger partial charge on any atom is -0.495 e. The maximum atomic E-state index is 13.1. The molecule has 0 heterocycles. The molecule has 0 aliphatic heterocycles. The fourth-order valence-corrected chi connectivity index (χ4v) is 5.57. The van der Waals surface area contributed by atoms with Crippen LogP contribution in [0.1, 0.15) is 29.8 Å². The van der Waals surface area contributed by atoms with E-state index in [0.717, 1.165) is 5.56 Å². The Kier molecular flexibility index (Phi) is 7.83. The van der Waals surface area contributed by atoms with Crippen LogP contribution in [0.2, 0.25) is 0 Å². The van der Waals surface area contributed by atoms with Crippen molar-refractivity contribution in [2.24, 2.45) is 0 Å². The Morgan fingerprint density at radius 1 is 0.829 bits per heavy atom. The Labute approximate surface area is 205 Å². The highest BCUT2D eigenvalue weighted by atomic mass is 32.2. The molecule has 0 saturated carbocycles. The van der Waals surface area contributed by atoms with Gasteiger partial charge in [-0.15, -0.1) is 0 Å². The van der Waals surface area contributed by atoms with E-state index in [4.69, 9.17) is 4.74 Å². The average molecular weight is 518 g/mol. The van der Waals surface area contributed by atoms with Crippen LogP contribution in [0.4, 0.5) is 11.4 Å². The summed E-state index contributed by atoms with van der Waals surface area (Å²) in [5.74, 6) is -0.420. The lowest BCUT2D eigenvalue weighted by Gasteiger charge is -2.16. The van der Waals surface area contributed by atoms with Crippen molar-refractivity contribution in [1.82, 2.24) is 4.72 Å². The Bertz CT molecular complexity index is 1430. The number of methoxy groups -OCH3 is 1. The minimum absolute atomic E-state index is 0.0406. The second-order valence-corrected chi connectivity index (χ2v) is 11.5. The molecule has 3 aromatic carbocycles. The molecule has 0 aromatic heterocycles. The van der Waals surface area contributed by atoms with Gasteiger partial charge in [-0.3, -0.25) is 9.52 Å². The van der Waals surface area contributed by atoms with Crippen LogP contribution in [0.25, 0.3) is 0 Å². The molecule has 0 aliphatic carbocycles. The van der Waals surface area contributed by atoms with Gasteiger partial charge in [0.2, 0.25) is 10.0 Å². The summed E-state index contributed by atoms with van der Waals surface area (Å²) in [5, 5.41) is 2.63. The van der Waals surface area contributed by atoms with Crippen LogP contribution in [0.5, 0.6) is 5.75 Å². The van der Waals surface area contributed by atoms with E-state index in [2.05, 4.69) is 14.8 Å². The Morgan fingerprint density at radius 3 is 2.09 bits per heavy atom. The molecule has 1 amide bonds. The van der Waals surface area contributed by atoms with Crippen LogP contribution in [0.15, 0.2) is 76.5 Å². The van der Waals surface area contributed by atoms with E-state index in [1.165, 1.54) is 49.6 Å². The van der Waals surface area contributed by atoms with Gasteiger partial charge >= 0.3 is 0 Å². The molecule has 0 atom stereocenters. The van der Waals surface area contributed by atoms with E-state index >= 15 is 0 Å². The van der Waals surface area contributed by atoms with Gasteiger partial charge < -0.3 is 10.1 Å². The van der Waals surface area contributed by atoms with Gasteiger partial charge in [-0.25, -0.2) is 21.6 Å². The zero-order valence-corrected chi connectivity index (χ0v) is 21.3. The molecule has 0 radical (unpaired) electrons. The molecule has 0 aliphatic rings. The largest absolute Gasteiger partial charge is 0.495 e. The monoisotopic (exact) mass is 517 g/mol. The van der Waals surface area contributed by atoms with Gasteiger partial charge in [-0.2, -0.15) is 0 Å². The van der Waals surface area contributed by atoms with Gasteiger partial charge in [0.1, 0.15) is 5.75 Å². The number of aryl methyl sites for hydroxylation is 1. The number of carbonyl (C=O) groups is 1. The molecule has 11 heteroatoms. The maximum Gasteiger partial charge on any atom is 0.261 e. The summed E-state index contributed by atoms with van der Waals surface area (Å²) in [4.78, 5) is 13.1. The lowest BCUT2D eigenvalue weighted by Crippen LogP contribution is -2.30. The summed E-state index contributed by atoms with van der Waals surface area (Å²) in [6, 6.07) is 16.1. The molecule has 35 heavy (non-hydrogen) atoms. The number of sulfonamides is 2. The van der Waals surface area contributed by atoms with Crippen LogP contribution in [-0.4, -0.2) is 35.9 Å². The molecule has 0 unspecified atom stereocenters. The molecule has 3 N–H and O–H groups in total. The van der Waals surface area contributed by atoms with Gasteiger partial charge in [-0.05, 0) is 63.2 Å². The Balaban J connectivity index is 1.93. The van der Waals surface area contributed by atoms with Crippen molar-refractivity contribution in [1.29, 1.82) is 0 Å². The van der Waals surface area contributed by atoms with E-state index in [-0.39, 0.29) is 38.5 Å². The Morgan fingerprint density at radius 2 is 1.46 bits per heavy atom. The van der Waals surface area contributed by atoms with E-state index in [1.807, 2.05) is 6.92 Å². The van der Waals surface area contributed by atoms with Crippen molar-refractivity contribution in [3.8, 4) is 5.75 Å². The van der Waals surface area contributed by atoms with Crippen molar-refractivity contribution >= 4 is 37.3 Å². The fourth-order valence-electron chi connectivity index (χ4n) is 3.21. The summed E-state index contributed by atoms with van der Waals surface area (Å²) in [6.07, 6.45) is 0. The fraction of sp³-hybridized carbons (Fsp3) is 0.208.